The molecule has 0 radical (unpaired) electrons. The van der Waals surface area contributed by atoms with Crippen LogP contribution >= 0.6 is 11.3 Å². The van der Waals surface area contributed by atoms with Gasteiger partial charge in [-0.3, -0.25) is 9.88 Å². The molecule has 0 unspecified atom stereocenters. The van der Waals surface area contributed by atoms with Crippen LogP contribution in [0.2, 0.25) is 0 Å². The van der Waals surface area contributed by atoms with E-state index in [1.165, 1.54) is 18.2 Å². The highest BCUT2D eigenvalue weighted by molar-refractivity contribution is 7.13. The number of pyridine rings is 1. The number of nitrogens with zero attached hydrogens (tertiary/aromatic N) is 4. The zero-order valence-corrected chi connectivity index (χ0v) is 18.2. The fourth-order valence-electron chi connectivity index (χ4n) is 3.83. The molecule has 4 heterocycles. The van der Waals surface area contributed by atoms with E-state index in [1.807, 2.05) is 35.8 Å². The number of fused-ring (bicyclic) bond motifs is 1. The highest BCUT2D eigenvalue weighted by atomic mass is 32.1. The van der Waals surface area contributed by atoms with Crippen LogP contribution < -0.4 is 4.74 Å². The normalized spacial score (nSPS) is 14.2. The second kappa shape index (κ2) is 8.92. The molecule has 0 fully saturated rings. The fraction of sp³-hybridized carbons (Fsp3) is 0.208. The molecule has 0 N–H and O–H groups in total. The second-order valence-electron chi connectivity index (χ2n) is 7.73. The molecule has 1 aromatic carbocycles. The van der Waals surface area contributed by atoms with Crippen LogP contribution in [0.3, 0.4) is 0 Å². The van der Waals surface area contributed by atoms with E-state index in [-0.39, 0.29) is 5.75 Å². The number of thiophene rings is 1. The third-order valence-electron chi connectivity index (χ3n) is 5.35. The van der Waals surface area contributed by atoms with Crippen LogP contribution in [0.1, 0.15) is 16.8 Å². The molecule has 5 rings (SSSR count). The molecular formula is C24H19F3N4OS. The molecule has 0 saturated heterocycles. The van der Waals surface area contributed by atoms with Gasteiger partial charge in [0.1, 0.15) is 5.75 Å². The summed E-state index contributed by atoms with van der Waals surface area (Å²) in [7, 11) is 0. The van der Waals surface area contributed by atoms with Crippen LogP contribution in [0.4, 0.5) is 13.2 Å². The zero-order valence-electron chi connectivity index (χ0n) is 17.4. The number of hydrogen-bond acceptors (Lipinski definition) is 6. The maximum Gasteiger partial charge on any atom is 0.573 e. The summed E-state index contributed by atoms with van der Waals surface area (Å²) in [5.74, 6) is 0.518. The van der Waals surface area contributed by atoms with Gasteiger partial charge in [-0.1, -0.05) is 24.3 Å². The minimum atomic E-state index is -4.72. The van der Waals surface area contributed by atoms with Crippen molar-refractivity contribution in [2.24, 2.45) is 0 Å². The molecule has 0 amide bonds. The first-order valence-electron chi connectivity index (χ1n) is 10.3. The van der Waals surface area contributed by atoms with Gasteiger partial charge in [0, 0.05) is 49.6 Å². The predicted octanol–water partition coefficient (Wildman–Crippen LogP) is 5.72. The maximum absolute atomic E-state index is 12.5. The Bertz CT molecular complexity index is 1240. The van der Waals surface area contributed by atoms with Crippen molar-refractivity contribution in [3.05, 3.63) is 83.1 Å². The van der Waals surface area contributed by atoms with Gasteiger partial charge in [-0.2, -0.15) is 0 Å². The van der Waals surface area contributed by atoms with Crippen LogP contribution in [-0.4, -0.2) is 32.8 Å². The molecule has 168 valence electrons. The highest BCUT2D eigenvalue weighted by Gasteiger charge is 2.31. The molecule has 0 spiro atoms. The van der Waals surface area contributed by atoms with Crippen molar-refractivity contribution in [1.29, 1.82) is 0 Å². The van der Waals surface area contributed by atoms with Crippen molar-refractivity contribution in [2.45, 2.75) is 25.9 Å². The molecule has 0 bridgehead atoms. The number of rotatable bonds is 5. The molecule has 4 aromatic rings. The van der Waals surface area contributed by atoms with E-state index >= 15 is 0 Å². The number of alkyl halides is 3. The SMILES string of the molecule is FC(F)(F)Oc1cccc(-c2ccc(CN3CCc4nc(-c5cccs5)ncc4C3)cn2)c1. The smallest absolute Gasteiger partial charge is 0.406 e. The number of benzene rings is 1. The highest BCUT2D eigenvalue weighted by Crippen LogP contribution is 2.28. The van der Waals surface area contributed by atoms with Gasteiger partial charge < -0.3 is 4.74 Å². The zero-order chi connectivity index (χ0) is 22.8. The van der Waals surface area contributed by atoms with Gasteiger partial charge in [-0.15, -0.1) is 24.5 Å². The van der Waals surface area contributed by atoms with E-state index in [0.717, 1.165) is 53.6 Å². The van der Waals surface area contributed by atoms with Crippen molar-refractivity contribution in [2.75, 3.05) is 6.54 Å². The minimum absolute atomic E-state index is 0.262. The number of halogens is 3. The van der Waals surface area contributed by atoms with Crippen molar-refractivity contribution in [3.63, 3.8) is 0 Å². The molecule has 1 aliphatic rings. The summed E-state index contributed by atoms with van der Waals surface area (Å²) < 4.78 is 41.4. The van der Waals surface area contributed by atoms with Gasteiger partial charge in [0.15, 0.2) is 5.82 Å². The van der Waals surface area contributed by atoms with Gasteiger partial charge in [-0.25, -0.2) is 9.97 Å². The molecule has 5 nitrogen and oxygen atoms in total. The van der Waals surface area contributed by atoms with Crippen molar-refractivity contribution >= 4 is 11.3 Å². The first kappa shape index (κ1) is 21.5. The lowest BCUT2D eigenvalue weighted by atomic mass is 10.1. The summed E-state index contributed by atoms with van der Waals surface area (Å²) >= 11 is 1.63. The molecular weight excluding hydrogens is 449 g/mol. The monoisotopic (exact) mass is 468 g/mol. The van der Waals surface area contributed by atoms with E-state index in [4.69, 9.17) is 4.98 Å². The fourth-order valence-corrected chi connectivity index (χ4v) is 4.50. The minimum Gasteiger partial charge on any atom is -0.406 e. The average Bonchev–Trinajstić information content (AvgIpc) is 3.33. The quantitative estimate of drug-likeness (QED) is 0.375. The van der Waals surface area contributed by atoms with Gasteiger partial charge in [0.2, 0.25) is 0 Å². The lowest BCUT2D eigenvalue weighted by Gasteiger charge is -2.28. The third-order valence-corrected chi connectivity index (χ3v) is 6.21. The maximum atomic E-state index is 12.5. The van der Waals surface area contributed by atoms with Gasteiger partial charge in [0.25, 0.3) is 0 Å². The summed E-state index contributed by atoms with van der Waals surface area (Å²) in [4.78, 5) is 17.1. The number of hydrogen-bond donors (Lipinski definition) is 0. The van der Waals surface area contributed by atoms with Crippen LogP contribution in [0.25, 0.3) is 22.0 Å². The molecule has 33 heavy (non-hydrogen) atoms. The van der Waals surface area contributed by atoms with Crippen LogP contribution in [0.5, 0.6) is 5.75 Å². The summed E-state index contributed by atoms with van der Waals surface area (Å²) in [6.07, 6.45) is -0.188. The summed E-state index contributed by atoms with van der Waals surface area (Å²) in [5, 5.41) is 2.02. The second-order valence-corrected chi connectivity index (χ2v) is 8.68. The Kier molecular flexibility index (Phi) is 5.82. The van der Waals surface area contributed by atoms with Crippen LogP contribution in [0.15, 0.2) is 66.3 Å². The Labute approximate surface area is 192 Å². The Morgan fingerprint density at radius 3 is 2.70 bits per heavy atom. The molecule has 3 aromatic heterocycles. The standard InChI is InChI=1S/C24H19F3N4OS/c25-24(26,27)32-19-4-1-3-17(11-19)20-7-6-16(12-28-20)14-31-9-8-21-18(15-31)13-29-23(30-21)22-5-2-10-33-22/h1-7,10-13H,8-9,14-15H2. The first-order chi connectivity index (χ1) is 15.9. The molecule has 1 aliphatic heterocycles. The lowest BCUT2D eigenvalue weighted by molar-refractivity contribution is -0.274. The van der Waals surface area contributed by atoms with Crippen LogP contribution in [-0.2, 0) is 19.5 Å². The van der Waals surface area contributed by atoms with E-state index in [0.29, 0.717) is 11.3 Å². The average molecular weight is 469 g/mol. The van der Waals surface area contributed by atoms with Crippen LogP contribution in [0, 0.1) is 0 Å². The first-order valence-corrected chi connectivity index (χ1v) is 11.2. The number of ether oxygens (including phenoxy) is 1. The largest absolute Gasteiger partial charge is 0.573 e. The van der Waals surface area contributed by atoms with E-state index in [9.17, 15) is 13.2 Å². The van der Waals surface area contributed by atoms with Crippen molar-refractivity contribution in [3.8, 4) is 27.7 Å². The number of aromatic nitrogens is 3. The molecule has 0 atom stereocenters. The Morgan fingerprint density at radius 1 is 1.03 bits per heavy atom. The molecule has 0 saturated carbocycles. The summed E-state index contributed by atoms with van der Waals surface area (Å²) in [5.41, 5.74) is 4.41. The van der Waals surface area contributed by atoms with E-state index in [1.54, 1.807) is 23.6 Å². The van der Waals surface area contributed by atoms with E-state index in [2.05, 4.69) is 19.6 Å². The van der Waals surface area contributed by atoms with Crippen molar-refractivity contribution in [1.82, 2.24) is 19.9 Å². The van der Waals surface area contributed by atoms with Gasteiger partial charge >= 0.3 is 6.36 Å². The molecule has 0 aliphatic carbocycles. The summed E-state index contributed by atoms with van der Waals surface area (Å²) in [6, 6.07) is 13.6. The lowest BCUT2D eigenvalue weighted by Crippen LogP contribution is -2.31. The predicted molar refractivity (Wildman–Crippen MR) is 120 cm³/mol. The van der Waals surface area contributed by atoms with Gasteiger partial charge in [-0.05, 0) is 35.2 Å². The summed E-state index contributed by atoms with van der Waals surface area (Å²) in [6.45, 7) is 2.36. The topological polar surface area (TPSA) is 51.1 Å². The Morgan fingerprint density at radius 2 is 1.94 bits per heavy atom. The van der Waals surface area contributed by atoms with Crippen molar-refractivity contribution < 1.29 is 17.9 Å². The Hall–Kier alpha value is -3.30. The van der Waals surface area contributed by atoms with E-state index < -0.39 is 6.36 Å². The third kappa shape index (κ3) is 5.20. The Balaban J connectivity index is 1.25. The van der Waals surface area contributed by atoms with Gasteiger partial charge in [0.05, 0.1) is 16.3 Å². The molecule has 9 heteroatoms.